The minimum Gasteiger partial charge on any atom is -0.324 e. The maximum Gasteiger partial charge on any atom is 0.234 e. The number of thioether (sulfide) groups is 1. The number of amides is 1. The zero-order chi connectivity index (χ0) is 17.6. The van der Waals surface area contributed by atoms with Gasteiger partial charge in [0.1, 0.15) is 0 Å². The smallest absolute Gasteiger partial charge is 0.234 e. The van der Waals surface area contributed by atoms with Gasteiger partial charge < -0.3 is 5.32 Å². The van der Waals surface area contributed by atoms with Gasteiger partial charge in [-0.15, -0.1) is 11.8 Å². The average molecular weight is 353 g/mol. The van der Waals surface area contributed by atoms with Gasteiger partial charge in [0.2, 0.25) is 5.91 Å². The molecule has 3 rings (SSSR count). The van der Waals surface area contributed by atoms with Crippen molar-refractivity contribution in [1.29, 1.82) is 0 Å². The minimum atomic E-state index is -0.0419. The molecule has 0 atom stereocenters. The van der Waals surface area contributed by atoms with E-state index in [4.69, 9.17) is 0 Å². The van der Waals surface area contributed by atoms with E-state index >= 15 is 0 Å². The summed E-state index contributed by atoms with van der Waals surface area (Å²) in [7, 11) is 0. The molecule has 0 aliphatic carbocycles. The van der Waals surface area contributed by atoms with Crippen molar-refractivity contribution in [1.82, 2.24) is 19.7 Å². The molecule has 0 aromatic carbocycles. The first kappa shape index (κ1) is 17.2. The summed E-state index contributed by atoms with van der Waals surface area (Å²) in [6, 6.07) is 9.58. The second kappa shape index (κ2) is 7.94. The maximum absolute atomic E-state index is 12.0. The Balaban J connectivity index is 1.52. The van der Waals surface area contributed by atoms with Gasteiger partial charge in [0.15, 0.2) is 5.82 Å². The van der Waals surface area contributed by atoms with Crippen LogP contribution in [-0.4, -0.2) is 31.4 Å². The summed E-state index contributed by atoms with van der Waals surface area (Å²) in [6.45, 7) is 3.93. The summed E-state index contributed by atoms with van der Waals surface area (Å²) in [5.41, 5.74) is 3.81. The first-order chi connectivity index (χ1) is 12.1. The second-order valence-electron chi connectivity index (χ2n) is 5.64. The van der Waals surface area contributed by atoms with Crippen LogP contribution in [0.25, 0.3) is 5.82 Å². The lowest BCUT2D eigenvalue weighted by Gasteiger charge is -2.07. The molecule has 0 bridgehead atoms. The van der Waals surface area contributed by atoms with Crippen molar-refractivity contribution < 1.29 is 4.79 Å². The van der Waals surface area contributed by atoms with Crippen molar-refractivity contribution in [3.05, 3.63) is 65.9 Å². The molecule has 3 aromatic rings. The summed E-state index contributed by atoms with van der Waals surface area (Å²) in [5, 5.41) is 7.26. The first-order valence-electron chi connectivity index (χ1n) is 7.88. The molecule has 0 fully saturated rings. The summed E-state index contributed by atoms with van der Waals surface area (Å²) in [6.07, 6.45) is 5.16. The molecule has 0 radical (unpaired) electrons. The molecule has 0 saturated carbocycles. The lowest BCUT2D eigenvalue weighted by Crippen LogP contribution is -2.14. The lowest BCUT2D eigenvalue weighted by atomic mass is 10.3. The number of hydrogen-bond acceptors (Lipinski definition) is 5. The fourth-order valence-electron chi connectivity index (χ4n) is 2.38. The Hall–Kier alpha value is -2.67. The van der Waals surface area contributed by atoms with Gasteiger partial charge in [-0.2, -0.15) is 5.10 Å². The van der Waals surface area contributed by atoms with Crippen molar-refractivity contribution in [2.45, 2.75) is 19.6 Å². The molecule has 0 aliphatic rings. The highest BCUT2D eigenvalue weighted by atomic mass is 32.2. The van der Waals surface area contributed by atoms with Crippen molar-refractivity contribution in [3.8, 4) is 5.82 Å². The lowest BCUT2D eigenvalue weighted by molar-refractivity contribution is -0.113. The van der Waals surface area contributed by atoms with Crippen molar-refractivity contribution >= 4 is 23.4 Å². The van der Waals surface area contributed by atoms with Crippen LogP contribution in [0.15, 0.2) is 48.9 Å². The number of aromatic nitrogens is 4. The predicted molar refractivity (Wildman–Crippen MR) is 99.9 cm³/mol. The van der Waals surface area contributed by atoms with Crippen LogP contribution in [0.4, 0.5) is 5.69 Å². The quantitative estimate of drug-likeness (QED) is 0.737. The largest absolute Gasteiger partial charge is 0.324 e. The SMILES string of the molecule is Cc1cc(C)n(-c2ccc(NC(=O)CSCc3ccncc3)cn2)n1. The monoisotopic (exact) mass is 353 g/mol. The van der Waals surface area contributed by atoms with E-state index in [0.29, 0.717) is 11.4 Å². The Morgan fingerprint density at radius 3 is 2.64 bits per heavy atom. The topological polar surface area (TPSA) is 72.7 Å². The Kier molecular flexibility index (Phi) is 5.45. The number of carbonyl (C=O) groups excluding carboxylic acids is 1. The molecular weight excluding hydrogens is 334 g/mol. The molecule has 3 heterocycles. The second-order valence-corrected chi connectivity index (χ2v) is 6.63. The molecule has 6 nitrogen and oxygen atoms in total. The minimum absolute atomic E-state index is 0.0419. The number of nitrogens with one attached hydrogen (secondary N) is 1. The molecule has 7 heteroatoms. The number of anilines is 1. The van der Waals surface area contributed by atoms with Gasteiger partial charge in [-0.1, -0.05) is 0 Å². The molecule has 0 unspecified atom stereocenters. The van der Waals surface area contributed by atoms with Gasteiger partial charge in [-0.3, -0.25) is 9.78 Å². The third-order valence-corrected chi connectivity index (χ3v) is 4.51. The van der Waals surface area contributed by atoms with Gasteiger partial charge in [0.05, 0.1) is 23.3 Å². The van der Waals surface area contributed by atoms with Crippen LogP contribution in [0.1, 0.15) is 17.0 Å². The van der Waals surface area contributed by atoms with Gasteiger partial charge in [-0.05, 0) is 49.7 Å². The van der Waals surface area contributed by atoms with Crippen molar-refractivity contribution in [2.24, 2.45) is 0 Å². The highest BCUT2D eigenvalue weighted by molar-refractivity contribution is 7.99. The van der Waals surface area contributed by atoms with Crippen LogP contribution in [-0.2, 0) is 10.5 Å². The van der Waals surface area contributed by atoms with E-state index in [1.54, 1.807) is 35.0 Å². The zero-order valence-electron chi connectivity index (χ0n) is 14.1. The summed E-state index contributed by atoms with van der Waals surface area (Å²) >= 11 is 1.56. The molecule has 25 heavy (non-hydrogen) atoms. The van der Waals surface area contributed by atoms with Crippen molar-refractivity contribution in [3.63, 3.8) is 0 Å². The Morgan fingerprint density at radius 1 is 1.20 bits per heavy atom. The normalized spacial score (nSPS) is 10.6. The van der Waals surface area contributed by atoms with Crippen LogP contribution in [0.2, 0.25) is 0 Å². The molecule has 1 amide bonds. The molecule has 0 aliphatic heterocycles. The third kappa shape index (κ3) is 4.67. The number of nitrogens with zero attached hydrogens (tertiary/aromatic N) is 4. The zero-order valence-corrected chi connectivity index (χ0v) is 15.0. The van der Waals surface area contributed by atoms with Gasteiger partial charge in [-0.25, -0.2) is 9.67 Å². The predicted octanol–water partition coefficient (Wildman–Crippen LogP) is 3.15. The van der Waals surface area contributed by atoms with Crippen LogP contribution < -0.4 is 5.32 Å². The number of carbonyl (C=O) groups is 1. The van der Waals surface area contributed by atoms with E-state index in [-0.39, 0.29) is 5.91 Å². The molecule has 1 N–H and O–H groups in total. The number of rotatable bonds is 6. The number of hydrogen-bond donors (Lipinski definition) is 1. The summed E-state index contributed by atoms with van der Waals surface area (Å²) < 4.78 is 1.78. The third-order valence-electron chi connectivity index (χ3n) is 3.51. The molecular formula is C18H19N5OS. The average Bonchev–Trinajstić information content (AvgIpc) is 2.95. The van der Waals surface area contributed by atoms with Crippen LogP contribution in [0.5, 0.6) is 0 Å². The maximum atomic E-state index is 12.0. The number of pyridine rings is 2. The fraction of sp³-hybridized carbons (Fsp3) is 0.222. The summed E-state index contributed by atoms with van der Waals surface area (Å²) in [4.78, 5) is 20.4. The Labute approximate surface area is 150 Å². The van der Waals surface area contributed by atoms with E-state index in [9.17, 15) is 4.79 Å². The van der Waals surface area contributed by atoms with Gasteiger partial charge in [0, 0.05) is 23.8 Å². The fourth-order valence-corrected chi connectivity index (χ4v) is 3.17. The highest BCUT2D eigenvalue weighted by Crippen LogP contribution is 2.14. The molecule has 128 valence electrons. The van der Waals surface area contributed by atoms with E-state index in [2.05, 4.69) is 20.4 Å². The Morgan fingerprint density at radius 2 is 2.00 bits per heavy atom. The summed E-state index contributed by atoms with van der Waals surface area (Å²) in [5.74, 6) is 1.86. The highest BCUT2D eigenvalue weighted by Gasteiger charge is 2.07. The molecule has 0 saturated heterocycles. The van der Waals surface area contributed by atoms with Crippen molar-refractivity contribution in [2.75, 3.05) is 11.1 Å². The van der Waals surface area contributed by atoms with Gasteiger partial charge >= 0.3 is 0 Å². The van der Waals surface area contributed by atoms with Crippen LogP contribution in [0, 0.1) is 13.8 Å². The van der Waals surface area contributed by atoms with Gasteiger partial charge in [0.25, 0.3) is 0 Å². The van der Waals surface area contributed by atoms with E-state index in [1.807, 2.05) is 44.2 Å². The van der Waals surface area contributed by atoms with E-state index in [1.165, 1.54) is 0 Å². The van der Waals surface area contributed by atoms with Crippen LogP contribution >= 0.6 is 11.8 Å². The van der Waals surface area contributed by atoms with E-state index in [0.717, 1.165) is 28.5 Å². The van der Waals surface area contributed by atoms with Crippen LogP contribution in [0.3, 0.4) is 0 Å². The van der Waals surface area contributed by atoms with E-state index < -0.39 is 0 Å². The first-order valence-corrected chi connectivity index (χ1v) is 9.03. The standard InChI is InChI=1S/C18H19N5OS/c1-13-9-14(2)23(22-13)17-4-3-16(10-20-17)21-18(24)12-25-11-15-5-7-19-8-6-15/h3-10H,11-12H2,1-2H3,(H,21,24). The number of aryl methyl sites for hydroxylation is 2. The Bertz CT molecular complexity index is 846. The molecule has 0 spiro atoms. The molecule has 3 aromatic heterocycles.